The zero-order valence-corrected chi connectivity index (χ0v) is 53.3. The zero-order valence-electron chi connectivity index (χ0n) is 53.3. The maximum atomic E-state index is 5.50. The quantitative estimate of drug-likeness (QED) is 0.130. The van der Waals surface area contributed by atoms with E-state index < -0.39 is 0 Å². The first-order chi connectivity index (χ1) is 48.5. The summed E-state index contributed by atoms with van der Waals surface area (Å²) in [6.45, 7) is 0. The molecule has 0 fully saturated rings. The summed E-state index contributed by atoms with van der Waals surface area (Å²) in [5.41, 5.74) is 23.0. The van der Waals surface area contributed by atoms with E-state index in [9.17, 15) is 0 Å². The molecule has 5 heteroatoms. The predicted molar refractivity (Wildman–Crippen MR) is 410 cm³/mol. The highest BCUT2D eigenvalue weighted by atomic mass is 15.2. The van der Waals surface area contributed by atoms with Crippen molar-refractivity contribution < 1.29 is 0 Å². The zero-order chi connectivity index (χ0) is 64.6. The summed E-state index contributed by atoms with van der Waals surface area (Å²) in [7, 11) is 0. The number of aromatic nitrogens is 5. The number of fused-ring (bicyclic) bond motifs is 10. The van der Waals surface area contributed by atoms with Crippen LogP contribution >= 0.6 is 0 Å². The fourth-order valence-electron chi connectivity index (χ4n) is 15.0. The molecule has 0 saturated carbocycles. The summed E-state index contributed by atoms with van der Waals surface area (Å²) < 4.78 is 4.70. The number of benzene rings is 16. The molecular formula is C93H59N5. The molecule has 5 nitrogen and oxygen atoms in total. The Morgan fingerprint density at radius 1 is 0.204 bits per heavy atom. The first-order valence-electron chi connectivity index (χ1n) is 33.5. The Morgan fingerprint density at radius 2 is 0.622 bits per heavy atom. The smallest absolute Gasteiger partial charge is 0.238 e. The molecule has 456 valence electrons. The van der Waals surface area contributed by atoms with Gasteiger partial charge in [0.1, 0.15) is 0 Å². The van der Waals surface area contributed by atoms with Crippen LogP contribution in [0.3, 0.4) is 0 Å². The lowest BCUT2D eigenvalue weighted by Crippen LogP contribution is -2.06. The second kappa shape index (κ2) is 23.4. The summed E-state index contributed by atoms with van der Waals surface area (Å²) in [5, 5.41) is 11.6. The average Bonchev–Trinajstić information content (AvgIpc) is 1.53. The number of nitrogens with zero attached hydrogens (tertiary/aromatic N) is 5. The van der Waals surface area contributed by atoms with Gasteiger partial charge < -0.3 is 4.57 Å². The van der Waals surface area contributed by atoms with E-state index in [0.717, 1.165) is 133 Å². The minimum Gasteiger partial charge on any atom is -0.309 e. The Kier molecular flexibility index (Phi) is 13.5. The standard InChI is InChI=1S/C93H59N5/c1-6-22-60(23-7-1)73-52-74(61-24-8-2-9-25-61)54-76(53-73)77-55-75(56-78(57-77)88-80(72-43-39-63-27-17-19-33-68(63)51-72)46-44-64-40-42-70(58-83(64)88)69-41-38-62-26-16-18-32-67(62)50-69)71-45-48-86-84(59-71)81-47-49-87-89(82-36-20-21-37-85(82)97(87)79-34-14-5-15-35-79)90(81)98(86)93-95-91(65-28-10-3-11-29-65)94-92(96-93)66-30-12-4-13-31-66/h1-59H. The second-order valence-electron chi connectivity index (χ2n) is 25.5. The van der Waals surface area contributed by atoms with Crippen molar-refractivity contribution in [3.8, 4) is 112 Å². The van der Waals surface area contributed by atoms with Crippen molar-refractivity contribution in [1.82, 2.24) is 24.1 Å². The fraction of sp³-hybridized carbons (Fsp3) is 0. The van der Waals surface area contributed by atoms with Crippen LogP contribution in [0.1, 0.15) is 0 Å². The van der Waals surface area contributed by atoms with E-state index in [1.54, 1.807) is 0 Å². The molecule has 3 heterocycles. The average molecular weight is 1250 g/mol. The van der Waals surface area contributed by atoms with Gasteiger partial charge in [-0.2, -0.15) is 9.97 Å². The molecule has 0 spiro atoms. The molecule has 0 saturated heterocycles. The summed E-state index contributed by atoms with van der Waals surface area (Å²) in [6.07, 6.45) is 0. The van der Waals surface area contributed by atoms with Crippen LogP contribution in [-0.2, 0) is 0 Å². The van der Waals surface area contributed by atoms with E-state index in [1.807, 2.05) is 36.4 Å². The van der Waals surface area contributed by atoms with Gasteiger partial charge in [0, 0.05) is 38.4 Å². The lowest BCUT2D eigenvalue weighted by atomic mass is 9.85. The van der Waals surface area contributed by atoms with Crippen LogP contribution in [0.15, 0.2) is 358 Å². The maximum Gasteiger partial charge on any atom is 0.238 e. The number of hydrogen-bond donors (Lipinski definition) is 0. The maximum absolute atomic E-state index is 5.50. The molecule has 0 amide bonds. The summed E-state index contributed by atoms with van der Waals surface area (Å²) in [5.74, 6) is 1.72. The van der Waals surface area contributed by atoms with Crippen molar-refractivity contribution >= 4 is 75.9 Å². The Morgan fingerprint density at radius 3 is 1.23 bits per heavy atom. The van der Waals surface area contributed by atoms with Crippen molar-refractivity contribution in [3.05, 3.63) is 358 Å². The van der Waals surface area contributed by atoms with Gasteiger partial charge in [-0.3, -0.25) is 4.57 Å². The lowest BCUT2D eigenvalue weighted by Gasteiger charge is -2.19. The van der Waals surface area contributed by atoms with Crippen LogP contribution in [0.4, 0.5) is 0 Å². The van der Waals surface area contributed by atoms with E-state index in [2.05, 4.69) is 331 Å². The summed E-state index contributed by atoms with van der Waals surface area (Å²) in [6, 6.07) is 130. The SMILES string of the molecule is c1ccc(-c2cc(-c3ccccc3)cc(-c3cc(-c4ccc5c(c4)c4ccc6c(c7ccccc7n6-c6ccccc6)c4n5-c4nc(-c5ccccc5)nc(-c5ccccc5)n4)cc(-c4c(-c5ccc6ccccc6c5)ccc5ccc(-c6ccc7ccccc7c6)cc45)c3)c2)cc1. The van der Waals surface area contributed by atoms with E-state index in [-0.39, 0.29) is 0 Å². The van der Waals surface area contributed by atoms with Gasteiger partial charge in [0.25, 0.3) is 0 Å². The van der Waals surface area contributed by atoms with Crippen LogP contribution in [0, 0.1) is 0 Å². The third-order valence-electron chi connectivity index (χ3n) is 19.7. The third kappa shape index (κ3) is 9.83. The molecule has 0 atom stereocenters. The van der Waals surface area contributed by atoms with Gasteiger partial charge in [-0.15, -0.1) is 0 Å². The Labute approximate surface area is 566 Å². The highest BCUT2D eigenvalue weighted by Gasteiger charge is 2.25. The molecule has 0 aliphatic carbocycles. The molecule has 98 heavy (non-hydrogen) atoms. The van der Waals surface area contributed by atoms with Crippen LogP contribution in [-0.4, -0.2) is 24.1 Å². The number of rotatable bonds is 11. The molecule has 0 bridgehead atoms. The first kappa shape index (κ1) is 56.5. The minimum atomic E-state index is 0.534. The third-order valence-corrected chi connectivity index (χ3v) is 19.7. The van der Waals surface area contributed by atoms with Crippen LogP contribution < -0.4 is 0 Å². The van der Waals surface area contributed by atoms with Crippen LogP contribution in [0.2, 0.25) is 0 Å². The predicted octanol–water partition coefficient (Wildman–Crippen LogP) is 24.5. The van der Waals surface area contributed by atoms with Crippen molar-refractivity contribution in [1.29, 1.82) is 0 Å². The normalized spacial score (nSPS) is 11.7. The molecule has 0 unspecified atom stereocenters. The fourth-order valence-corrected chi connectivity index (χ4v) is 15.0. The van der Waals surface area contributed by atoms with Crippen LogP contribution in [0.25, 0.3) is 188 Å². The molecule has 0 aliphatic heterocycles. The molecule has 0 aliphatic rings. The van der Waals surface area contributed by atoms with Gasteiger partial charge in [0.2, 0.25) is 5.95 Å². The molecule has 0 N–H and O–H groups in total. The van der Waals surface area contributed by atoms with E-state index in [0.29, 0.717) is 17.6 Å². The van der Waals surface area contributed by atoms with Crippen LogP contribution in [0.5, 0.6) is 0 Å². The highest BCUT2D eigenvalue weighted by molar-refractivity contribution is 6.26. The Balaban J connectivity index is 0.910. The summed E-state index contributed by atoms with van der Waals surface area (Å²) in [4.78, 5) is 16.2. The number of hydrogen-bond acceptors (Lipinski definition) is 3. The summed E-state index contributed by atoms with van der Waals surface area (Å²) >= 11 is 0. The Hall–Kier alpha value is -13.1. The second-order valence-corrected chi connectivity index (χ2v) is 25.5. The monoisotopic (exact) mass is 1250 g/mol. The van der Waals surface area contributed by atoms with Gasteiger partial charge >= 0.3 is 0 Å². The van der Waals surface area contributed by atoms with E-state index in [1.165, 1.54) is 38.1 Å². The van der Waals surface area contributed by atoms with Gasteiger partial charge in [-0.1, -0.05) is 267 Å². The van der Waals surface area contributed by atoms with Crippen molar-refractivity contribution in [2.24, 2.45) is 0 Å². The molecular weight excluding hydrogens is 1190 g/mol. The van der Waals surface area contributed by atoms with Gasteiger partial charge in [-0.05, 0) is 201 Å². The molecule has 16 aromatic carbocycles. The lowest BCUT2D eigenvalue weighted by molar-refractivity contribution is 0.955. The largest absolute Gasteiger partial charge is 0.309 e. The molecule has 0 radical (unpaired) electrons. The highest BCUT2D eigenvalue weighted by Crippen LogP contribution is 2.47. The first-order valence-corrected chi connectivity index (χ1v) is 33.5. The van der Waals surface area contributed by atoms with Gasteiger partial charge in [-0.25, -0.2) is 4.98 Å². The van der Waals surface area contributed by atoms with Gasteiger partial charge in [0.05, 0.1) is 22.1 Å². The van der Waals surface area contributed by atoms with Crippen molar-refractivity contribution in [2.45, 2.75) is 0 Å². The Bertz CT molecular complexity index is 6210. The molecule has 3 aromatic heterocycles. The number of para-hydroxylation sites is 2. The molecule has 19 rings (SSSR count). The molecule has 19 aromatic rings. The minimum absolute atomic E-state index is 0.534. The topological polar surface area (TPSA) is 48.5 Å². The van der Waals surface area contributed by atoms with E-state index >= 15 is 0 Å². The van der Waals surface area contributed by atoms with E-state index in [4.69, 9.17) is 15.0 Å². The van der Waals surface area contributed by atoms with Crippen molar-refractivity contribution in [2.75, 3.05) is 0 Å². The van der Waals surface area contributed by atoms with Crippen molar-refractivity contribution in [3.63, 3.8) is 0 Å². The van der Waals surface area contributed by atoms with Gasteiger partial charge in [0.15, 0.2) is 11.6 Å².